The number of aromatic nitrogens is 1. The summed E-state index contributed by atoms with van der Waals surface area (Å²) in [6.07, 6.45) is 9.96. The van der Waals surface area contributed by atoms with Crippen molar-refractivity contribution in [3.8, 4) is 10.4 Å². The van der Waals surface area contributed by atoms with Gasteiger partial charge < -0.3 is 45.8 Å². The number of piperazine rings is 2. The van der Waals surface area contributed by atoms with Crippen LogP contribution in [0.3, 0.4) is 0 Å². The number of anilines is 2. The highest BCUT2D eigenvalue weighted by molar-refractivity contribution is 7.99. The first-order valence-corrected chi connectivity index (χ1v) is 42.7. The predicted octanol–water partition coefficient (Wildman–Crippen LogP) is 12.6. The van der Waals surface area contributed by atoms with Crippen LogP contribution in [0.1, 0.15) is 151 Å². The van der Waals surface area contributed by atoms with Gasteiger partial charge in [-0.05, 0) is 185 Å². The van der Waals surface area contributed by atoms with E-state index in [2.05, 4.69) is 64.3 Å². The number of piperidine rings is 1. The number of likely N-dealkylation sites (tertiary alicyclic amines) is 2. The summed E-state index contributed by atoms with van der Waals surface area (Å²) in [7, 11) is -4.52. The third kappa shape index (κ3) is 22.7. The number of aliphatic hydroxyl groups excluding tert-OH is 2. The molecule has 6 atom stereocenters. The lowest BCUT2D eigenvalue weighted by molar-refractivity contribution is -0.384. The molecular weight excluding hydrogens is 1460 g/mol. The van der Waals surface area contributed by atoms with Crippen molar-refractivity contribution in [3.63, 3.8) is 0 Å². The number of amides is 4. The highest BCUT2D eigenvalue weighted by Crippen LogP contribution is 2.45. The molecule has 109 heavy (non-hydrogen) atoms. The van der Waals surface area contributed by atoms with Crippen molar-refractivity contribution in [3.05, 3.63) is 170 Å². The number of aryl methyl sites for hydroxylation is 1. The number of nitrogens with one attached hydrogen (secondary N) is 4. The Morgan fingerprint density at radius 2 is 1.50 bits per heavy atom. The van der Waals surface area contributed by atoms with Crippen molar-refractivity contribution in [2.75, 3.05) is 121 Å². The highest BCUT2D eigenvalue weighted by Gasteiger charge is 2.45. The molecule has 11 rings (SSSR count). The van der Waals surface area contributed by atoms with Crippen molar-refractivity contribution in [1.29, 1.82) is 0 Å². The Bertz CT molecular complexity index is 4180. The number of benzene rings is 5. The van der Waals surface area contributed by atoms with Crippen LogP contribution in [0.4, 0.5) is 17.1 Å². The number of nitro groups is 1. The third-order valence-corrected chi connectivity index (χ3v) is 26.3. The van der Waals surface area contributed by atoms with E-state index in [1.54, 1.807) is 40.1 Å². The zero-order valence-electron chi connectivity index (χ0n) is 64.1. The summed E-state index contributed by atoms with van der Waals surface area (Å²) in [4.78, 5) is 86.8. The summed E-state index contributed by atoms with van der Waals surface area (Å²) in [5.41, 5.74) is 9.26. The summed E-state index contributed by atoms with van der Waals surface area (Å²) >= 11 is 9.65. The van der Waals surface area contributed by atoms with Crippen molar-refractivity contribution in [2.45, 2.75) is 165 Å². The number of β-amino-alcohol motifs (C(OH)–C–C–N with tert-alkyl or cyclic N) is 1. The molecule has 5 heterocycles. The van der Waals surface area contributed by atoms with Gasteiger partial charge in [0.25, 0.3) is 21.6 Å². The summed E-state index contributed by atoms with van der Waals surface area (Å²) in [6, 6.07) is 34.9. The standard InChI is InChI=1S/C83H111ClN12O10S3/c1-58(61-18-20-63(21-19-61)77-59(2)86-57-108-77)87-80(101)75-49-69(98)53-95(75)81(102)78(82(3,4)5)85-37-14-9-7-8-13-17-76(99)94-47-43-92(44-48-94)56-83(6)36-32-72(62-22-26-66(84)27-23-62)65(51-83)52-91-41-45-93(46-42-91)68-28-24-64(25-29-68)79(100)89-109(105,106)71-30-31-73(74(50-71)96(103)104)88-67(55-107-70-15-11-10-12-16-70)35-40-90-38-33-60(54-97)34-39-90/h10-12,15-16,18-31,50,57-58,60,67,69,75,78,85,88,97-98H,7-9,13-14,17,32-49,51-56H2,1-6H3,(H,87,101)(H,89,100)/t58-,67+,69+,75-,78+,83?/m0/s1. The van der Waals surface area contributed by atoms with Gasteiger partial charge in [0.05, 0.1) is 44.1 Å². The van der Waals surface area contributed by atoms with Crippen LogP contribution in [-0.4, -0.2) is 211 Å². The lowest BCUT2D eigenvalue weighted by atomic mass is 9.71. The molecule has 1 aromatic heterocycles. The lowest BCUT2D eigenvalue weighted by Crippen LogP contribution is -2.56. The largest absolute Gasteiger partial charge is 0.396 e. The number of carbonyl (C=O) groups is 4. The molecule has 6 aromatic rings. The van der Waals surface area contributed by atoms with Crippen molar-refractivity contribution >= 4 is 91.0 Å². The fraction of sp³-hybridized carbons (Fsp3) is 0.530. The molecule has 4 saturated heterocycles. The van der Waals surface area contributed by atoms with Gasteiger partial charge in [0, 0.05) is 137 Å². The molecule has 4 aliphatic heterocycles. The van der Waals surface area contributed by atoms with E-state index >= 15 is 0 Å². The molecule has 0 spiro atoms. The van der Waals surface area contributed by atoms with Gasteiger partial charge in [0.1, 0.15) is 11.7 Å². The van der Waals surface area contributed by atoms with Crippen LogP contribution in [0.5, 0.6) is 0 Å². The molecule has 0 radical (unpaired) electrons. The zero-order chi connectivity index (χ0) is 77.4. The number of sulfonamides is 1. The first kappa shape index (κ1) is 82.7. The Hall–Kier alpha value is -7.30. The maximum Gasteiger partial charge on any atom is 0.293 e. The van der Waals surface area contributed by atoms with Gasteiger partial charge in [0.15, 0.2) is 0 Å². The normalized spacial score (nSPS) is 20.2. The van der Waals surface area contributed by atoms with E-state index in [0.29, 0.717) is 49.2 Å². The first-order valence-electron chi connectivity index (χ1n) is 39.0. The van der Waals surface area contributed by atoms with E-state index in [9.17, 15) is 47.9 Å². The lowest BCUT2D eigenvalue weighted by Gasteiger charge is -2.44. The maximum atomic E-state index is 14.3. The van der Waals surface area contributed by atoms with E-state index in [1.165, 1.54) is 28.8 Å². The molecule has 26 heteroatoms. The molecule has 0 bridgehead atoms. The fourth-order valence-corrected chi connectivity index (χ4v) is 19.0. The van der Waals surface area contributed by atoms with Gasteiger partial charge in [-0.3, -0.25) is 39.1 Å². The molecule has 4 amide bonds. The molecule has 4 fully saturated rings. The van der Waals surface area contributed by atoms with Gasteiger partial charge in [-0.15, -0.1) is 23.1 Å². The minimum Gasteiger partial charge on any atom is -0.396 e. The number of unbranched alkanes of at least 4 members (excludes halogenated alkanes) is 4. The molecule has 588 valence electrons. The van der Waals surface area contributed by atoms with Gasteiger partial charge in [-0.25, -0.2) is 18.1 Å². The number of thiazole rings is 1. The number of nitrogens with zero attached hydrogens (tertiary/aromatic N) is 8. The van der Waals surface area contributed by atoms with Crippen LogP contribution < -0.4 is 25.6 Å². The molecule has 0 saturated carbocycles. The van der Waals surface area contributed by atoms with Crippen LogP contribution in [0.15, 0.2) is 142 Å². The number of carbonyl (C=O) groups excluding carboxylic acids is 4. The van der Waals surface area contributed by atoms with E-state index < -0.39 is 55.0 Å². The smallest absolute Gasteiger partial charge is 0.293 e. The Balaban J connectivity index is 0.601. The molecule has 5 aromatic carbocycles. The summed E-state index contributed by atoms with van der Waals surface area (Å²) in [5, 5.41) is 43.7. The highest BCUT2D eigenvalue weighted by atomic mass is 35.5. The minimum atomic E-state index is -4.52. The second-order valence-corrected chi connectivity index (χ2v) is 36.0. The SMILES string of the molecule is Cc1ncsc1-c1ccc([C@H](C)NC(=O)[C@@H]2C[C@@H](O)CN2C(=O)[C@@H](NCCCCCCCC(=O)N2CCN(CC3(C)CCC(c4ccc(Cl)cc4)=C(CN4CCN(c5ccc(C(=O)NS(=O)(=O)c6ccc(N[C@H](CCN7CCC(CO)CC7)CSc7ccccc7)c([N+](=O)[O-])c6)cc5)CC4)C3)CC2)C(C)(C)C)cc1. The monoisotopic (exact) mass is 1570 g/mol. The molecule has 1 aliphatic carbocycles. The van der Waals surface area contributed by atoms with Crippen LogP contribution in [0, 0.1) is 33.8 Å². The Labute approximate surface area is 657 Å². The number of allylic oxidation sites excluding steroid dienone is 1. The maximum absolute atomic E-state index is 14.3. The number of hydrogen-bond acceptors (Lipinski definition) is 19. The second kappa shape index (κ2) is 38.3. The van der Waals surface area contributed by atoms with Crippen LogP contribution >= 0.6 is 34.7 Å². The average Bonchev–Trinajstić information content (AvgIpc) is 0.953. The van der Waals surface area contributed by atoms with Gasteiger partial charge in [-0.2, -0.15) is 0 Å². The van der Waals surface area contributed by atoms with Crippen molar-refractivity contribution in [2.24, 2.45) is 16.7 Å². The van der Waals surface area contributed by atoms with Gasteiger partial charge in [-0.1, -0.05) is 119 Å². The van der Waals surface area contributed by atoms with Crippen molar-refractivity contribution < 1.29 is 42.7 Å². The number of halogens is 1. The van der Waals surface area contributed by atoms with Crippen LogP contribution in [0.25, 0.3) is 16.0 Å². The van der Waals surface area contributed by atoms with Crippen LogP contribution in [-0.2, 0) is 24.4 Å². The topological polar surface area (TPSA) is 266 Å². The Kier molecular flexibility index (Phi) is 29.0. The Morgan fingerprint density at radius 3 is 2.17 bits per heavy atom. The Morgan fingerprint density at radius 1 is 0.826 bits per heavy atom. The van der Waals surface area contributed by atoms with E-state index in [4.69, 9.17) is 11.6 Å². The number of rotatable bonds is 33. The van der Waals surface area contributed by atoms with E-state index in [1.807, 2.05) is 124 Å². The number of hydrogen-bond donors (Lipinski definition) is 6. The third-order valence-electron chi connectivity index (χ3n) is 22.5. The number of aliphatic hydroxyl groups is 2. The first-order chi connectivity index (χ1) is 52.3. The van der Waals surface area contributed by atoms with E-state index in [-0.39, 0.29) is 66.0 Å². The fourth-order valence-electron chi connectivity index (χ4n) is 16.1. The van der Waals surface area contributed by atoms with Crippen LogP contribution in [0.2, 0.25) is 5.02 Å². The molecule has 1 unspecified atom stereocenters. The van der Waals surface area contributed by atoms with Crippen molar-refractivity contribution in [1.82, 2.24) is 44.8 Å². The summed E-state index contributed by atoms with van der Waals surface area (Å²) < 4.78 is 29.7. The summed E-state index contributed by atoms with van der Waals surface area (Å²) in [6.45, 7) is 23.8. The molecule has 5 aliphatic rings. The molecule has 22 nitrogen and oxygen atoms in total. The summed E-state index contributed by atoms with van der Waals surface area (Å²) in [5.74, 6) is -0.176. The predicted molar refractivity (Wildman–Crippen MR) is 436 cm³/mol. The molecular formula is C83H111ClN12O10S3. The quantitative estimate of drug-likeness (QED) is 0.00967. The zero-order valence-corrected chi connectivity index (χ0v) is 67.3. The van der Waals surface area contributed by atoms with Gasteiger partial charge >= 0.3 is 0 Å². The number of nitro benzene ring substituents is 1. The second-order valence-electron chi connectivity index (χ2n) is 31.9. The van der Waals surface area contributed by atoms with E-state index in [0.717, 1.165) is 175 Å². The molecule has 6 N–H and O–H groups in total. The average molecular weight is 1570 g/mol. The van der Waals surface area contributed by atoms with Gasteiger partial charge in [0.2, 0.25) is 17.7 Å². The number of thioether (sulfide) groups is 1. The minimum absolute atomic E-state index is 0.0347.